The Balaban J connectivity index is 1.14. The molecule has 2 aliphatic carbocycles. The van der Waals surface area contributed by atoms with E-state index >= 15 is 0 Å². The van der Waals surface area contributed by atoms with Crippen LogP contribution in [0, 0.1) is 5.21 Å². The van der Waals surface area contributed by atoms with E-state index in [-0.39, 0.29) is 23.0 Å². The van der Waals surface area contributed by atoms with E-state index in [4.69, 9.17) is 15.6 Å². The number of nitrogens with zero attached hydrogens (tertiary/aromatic N) is 3. The van der Waals surface area contributed by atoms with Crippen LogP contribution in [0.5, 0.6) is 0 Å². The van der Waals surface area contributed by atoms with Crippen molar-refractivity contribution in [3.63, 3.8) is 0 Å². The summed E-state index contributed by atoms with van der Waals surface area (Å²) in [6.07, 6.45) is 9.57. The summed E-state index contributed by atoms with van der Waals surface area (Å²) >= 11 is 0. The predicted octanol–water partition coefficient (Wildman–Crippen LogP) is 5.01. The second-order valence-corrected chi connectivity index (χ2v) is 10.3. The number of aromatic nitrogens is 2. The second-order valence-electron chi connectivity index (χ2n) is 10.3. The Labute approximate surface area is 211 Å². The molecule has 0 saturated carbocycles. The van der Waals surface area contributed by atoms with Crippen molar-refractivity contribution < 1.29 is 9.48 Å². The number of aromatic amines is 1. The van der Waals surface area contributed by atoms with Gasteiger partial charge in [-0.15, -0.1) is 0 Å². The number of nitrogens with two attached hydrogens (primary N) is 1. The Morgan fingerprint density at radius 3 is 2.67 bits per heavy atom. The van der Waals surface area contributed by atoms with Crippen molar-refractivity contribution in [1.29, 1.82) is 0 Å². The summed E-state index contributed by atoms with van der Waals surface area (Å²) < 4.78 is -0.375. The normalized spacial score (nSPS) is 24.6. The van der Waals surface area contributed by atoms with E-state index in [0.717, 1.165) is 46.0 Å². The molecule has 3 aromatic rings. The van der Waals surface area contributed by atoms with Gasteiger partial charge >= 0.3 is 0 Å². The van der Waals surface area contributed by atoms with Crippen LogP contribution >= 0.6 is 0 Å². The van der Waals surface area contributed by atoms with Crippen LogP contribution in [-0.2, 0) is 11.3 Å². The molecule has 7 heteroatoms. The average Bonchev–Trinajstić information content (AvgIpc) is 3.54. The number of hydroxylamine groups is 4. The number of fused-ring (bicyclic) bond motifs is 1. The number of quaternary nitrogens is 1. The first-order valence-electron chi connectivity index (χ1n) is 12.4. The fourth-order valence-corrected chi connectivity index (χ4v) is 5.27. The van der Waals surface area contributed by atoms with E-state index in [9.17, 15) is 5.21 Å². The van der Waals surface area contributed by atoms with Crippen LogP contribution in [0.25, 0.3) is 17.5 Å². The summed E-state index contributed by atoms with van der Waals surface area (Å²) in [7, 11) is 1.75. The van der Waals surface area contributed by atoms with Gasteiger partial charge in [-0.05, 0) is 49.8 Å². The number of benzene rings is 2. The maximum absolute atomic E-state index is 13.6. The molecule has 2 heterocycles. The average molecular weight is 482 g/mol. The highest BCUT2D eigenvalue weighted by atomic mass is 16.8. The molecule has 2 aromatic carbocycles. The summed E-state index contributed by atoms with van der Waals surface area (Å²) in [5.41, 5.74) is 13.4. The fraction of sp³-hybridized carbons (Fsp3) is 0.276. The smallest absolute Gasteiger partial charge is 0.206 e. The molecule has 36 heavy (non-hydrogen) atoms. The third kappa shape index (κ3) is 4.54. The first-order chi connectivity index (χ1) is 17.4. The number of imidazole rings is 1. The molecular formula is C29H31N5O2. The van der Waals surface area contributed by atoms with Crippen LogP contribution in [-0.4, -0.2) is 40.3 Å². The van der Waals surface area contributed by atoms with Gasteiger partial charge in [0, 0.05) is 34.9 Å². The standard InChI is InChI=1S/C29H31N5O2/c1-19-14-20(16-23(30)15-19)18-34(2,35)25-12-13-26-27(17-25)32-28(31-26)21-8-10-24(11-9-21)33-29(36-33)22-6-4-3-5-7-22/h3-14,16,23,25,29H,15,17-18,30H2,1-2H3,(H,31,32). The van der Waals surface area contributed by atoms with E-state index < -0.39 is 0 Å². The summed E-state index contributed by atoms with van der Waals surface area (Å²) in [5.74, 6) is 0.808. The Kier molecular flexibility index (Phi) is 5.65. The van der Waals surface area contributed by atoms with Gasteiger partial charge in [0.15, 0.2) is 0 Å². The predicted molar refractivity (Wildman–Crippen MR) is 142 cm³/mol. The number of rotatable bonds is 6. The minimum atomic E-state index is -0.375. The first kappa shape index (κ1) is 22.9. The third-order valence-corrected chi connectivity index (χ3v) is 7.18. The highest BCUT2D eigenvalue weighted by Gasteiger charge is 2.38. The molecule has 184 valence electrons. The molecule has 6 rings (SSSR count). The number of anilines is 1. The monoisotopic (exact) mass is 481 g/mol. The van der Waals surface area contributed by atoms with Crippen molar-refractivity contribution in [3.8, 4) is 11.4 Å². The van der Waals surface area contributed by atoms with Crippen LogP contribution in [0.2, 0.25) is 0 Å². The van der Waals surface area contributed by atoms with Crippen molar-refractivity contribution >= 4 is 11.8 Å². The molecule has 1 aliphatic heterocycles. The van der Waals surface area contributed by atoms with Crippen molar-refractivity contribution in [2.24, 2.45) is 5.73 Å². The lowest BCUT2D eigenvalue weighted by Gasteiger charge is -2.45. The van der Waals surface area contributed by atoms with Gasteiger partial charge in [-0.3, -0.25) is 0 Å². The van der Waals surface area contributed by atoms with Gasteiger partial charge in [0.2, 0.25) is 6.23 Å². The summed E-state index contributed by atoms with van der Waals surface area (Å²) in [6, 6.07) is 18.2. The molecule has 0 bridgehead atoms. The molecule has 4 unspecified atom stereocenters. The fourth-order valence-electron chi connectivity index (χ4n) is 5.27. The van der Waals surface area contributed by atoms with Gasteiger partial charge in [0.05, 0.1) is 18.4 Å². The van der Waals surface area contributed by atoms with E-state index in [1.165, 1.54) is 5.57 Å². The zero-order chi connectivity index (χ0) is 24.9. The highest BCUT2D eigenvalue weighted by Crippen LogP contribution is 2.42. The van der Waals surface area contributed by atoms with Gasteiger partial charge in [-0.1, -0.05) is 48.1 Å². The molecule has 3 N–H and O–H groups in total. The topological polar surface area (TPSA) is 93.3 Å². The molecule has 1 aromatic heterocycles. The van der Waals surface area contributed by atoms with Crippen LogP contribution in [0.3, 0.4) is 0 Å². The van der Waals surface area contributed by atoms with Gasteiger partial charge in [0.25, 0.3) is 0 Å². The number of nitrogens with one attached hydrogen (secondary N) is 1. The summed E-state index contributed by atoms with van der Waals surface area (Å²) in [5, 5.41) is 15.5. The van der Waals surface area contributed by atoms with Crippen molar-refractivity contribution in [1.82, 2.24) is 9.97 Å². The minimum Gasteiger partial charge on any atom is -0.632 e. The van der Waals surface area contributed by atoms with Crippen LogP contribution in [0.1, 0.15) is 36.5 Å². The van der Waals surface area contributed by atoms with E-state index in [2.05, 4.69) is 30.1 Å². The zero-order valence-electron chi connectivity index (χ0n) is 20.6. The Morgan fingerprint density at radius 1 is 1.14 bits per heavy atom. The number of likely N-dealkylation sites (N-methyl/N-ethyl adjacent to an activating group) is 1. The number of H-pyrrole nitrogens is 1. The Hall–Kier alpha value is -3.49. The lowest BCUT2D eigenvalue weighted by molar-refractivity contribution is -0.874. The summed E-state index contributed by atoms with van der Waals surface area (Å²) in [6.45, 7) is 2.48. The maximum atomic E-state index is 13.6. The Bertz CT molecular complexity index is 1350. The summed E-state index contributed by atoms with van der Waals surface area (Å²) in [4.78, 5) is 14.0. The van der Waals surface area contributed by atoms with Crippen LogP contribution < -0.4 is 10.8 Å². The third-order valence-electron chi connectivity index (χ3n) is 7.18. The zero-order valence-corrected chi connectivity index (χ0v) is 20.6. The molecule has 1 fully saturated rings. The minimum absolute atomic E-state index is 0.00689. The van der Waals surface area contributed by atoms with Crippen molar-refractivity contribution in [2.45, 2.75) is 38.1 Å². The molecule has 7 nitrogen and oxygen atoms in total. The van der Waals surface area contributed by atoms with Crippen molar-refractivity contribution in [3.05, 3.63) is 106 Å². The van der Waals surface area contributed by atoms with E-state index in [0.29, 0.717) is 13.0 Å². The molecular weight excluding hydrogens is 450 g/mol. The lowest BCUT2D eigenvalue weighted by atomic mass is 9.95. The van der Waals surface area contributed by atoms with Crippen molar-refractivity contribution in [2.75, 3.05) is 18.7 Å². The van der Waals surface area contributed by atoms with Gasteiger partial charge in [0.1, 0.15) is 18.4 Å². The maximum Gasteiger partial charge on any atom is 0.206 e. The van der Waals surface area contributed by atoms with Gasteiger partial charge < -0.3 is 20.6 Å². The SMILES string of the molecule is CC1=CC(C[N+](C)([O-])C2C=Cc3nc(-c4ccc(N5OC5c5ccccc5)cc4)[nH]c3C2)=CC(N)C1. The molecule has 0 radical (unpaired) electrons. The largest absolute Gasteiger partial charge is 0.632 e. The van der Waals surface area contributed by atoms with Crippen LogP contribution in [0.4, 0.5) is 5.69 Å². The molecule has 3 aliphatic rings. The second kappa shape index (κ2) is 8.87. The van der Waals surface area contributed by atoms with Gasteiger partial charge in [-0.25, -0.2) is 14.9 Å². The highest BCUT2D eigenvalue weighted by molar-refractivity contribution is 5.64. The Morgan fingerprint density at radius 2 is 1.92 bits per heavy atom. The van der Waals surface area contributed by atoms with Gasteiger partial charge in [-0.2, -0.15) is 0 Å². The molecule has 0 amide bonds. The number of hydrogen-bond donors (Lipinski definition) is 2. The van der Waals surface area contributed by atoms with E-state index in [1.807, 2.05) is 65.8 Å². The number of hydrogen-bond acceptors (Lipinski definition) is 5. The molecule has 4 atom stereocenters. The van der Waals surface area contributed by atoms with E-state index in [1.54, 1.807) is 7.05 Å². The van der Waals surface area contributed by atoms with Crippen LogP contribution in [0.15, 0.2) is 84.0 Å². The first-order valence-corrected chi connectivity index (χ1v) is 12.4. The molecule has 1 saturated heterocycles. The quantitative estimate of drug-likeness (QED) is 0.293. The lowest BCUT2D eigenvalue weighted by Crippen LogP contribution is -2.49. The molecule has 0 spiro atoms.